The van der Waals surface area contributed by atoms with Gasteiger partial charge in [0.1, 0.15) is 0 Å². The second-order valence-corrected chi connectivity index (χ2v) is 8.19. The first kappa shape index (κ1) is 18.1. The van der Waals surface area contributed by atoms with E-state index in [4.69, 9.17) is 0 Å². The van der Waals surface area contributed by atoms with Gasteiger partial charge in [0.05, 0.1) is 6.42 Å². The van der Waals surface area contributed by atoms with Crippen molar-refractivity contribution in [3.05, 3.63) is 41.2 Å². The van der Waals surface area contributed by atoms with Crippen molar-refractivity contribution < 1.29 is 14.7 Å². The summed E-state index contributed by atoms with van der Waals surface area (Å²) in [6, 6.07) is 6.14. The molecule has 1 atom stereocenters. The maximum atomic E-state index is 12.8. The van der Waals surface area contributed by atoms with E-state index >= 15 is 0 Å². The van der Waals surface area contributed by atoms with Crippen LogP contribution in [-0.4, -0.2) is 39.4 Å². The molecule has 0 spiro atoms. The van der Waals surface area contributed by atoms with Crippen molar-refractivity contribution in [3.63, 3.8) is 0 Å². The van der Waals surface area contributed by atoms with Crippen LogP contribution in [0.25, 0.3) is 5.52 Å². The molecule has 1 saturated carbocycles. The molecule has 27 heavy (non-hydrogen) atoms. The monoisotopic (exact) mass is 368 g/mol. The van der Waals surface area contributed by atoms with Crippen molar-refractivity contribution in [3.8, 4) is 0 Å². The Balaban J connectivity index is 1.57. The minimum absolute atomic E-state index is 0.0595. The zero-order chi connectivity index (χ0) is 19.0. The summed E-state index contributed by atoms with van der Waals surface area (Å²) in [5.74, 6) is 0.0394. The summed E-state index contributed by atoms with van der Waals surface area (Å²) >= 11 is 0. The van der Waals surface area contributed by atoms with E-state index in [1.54, 1.807) is 0 Å². The van der Waals surface area contributed by atoms with Crippen molar-refractivity contribution in [2.75, 3.05) is 7.05 Å². The maximum absolute atomic E-state index is 12.8. The molecule has 0 aliphatic heterocycles. The van der Waals surface area contributed by atoms with E-state index in [-0.39, 0.29) is 18.4 Å². The topological polar surface area (TPSA) is 62.0 Å². The van der Waals surface area contributed by atoms with Crippen LogP contribution in [0.3, 0.4) is 0 Å². The van der Waals surface area contributed by atoms with Gasteiger partial charge in [-0.1, -0.05) is 18.9 Å². The highest BCUT2D eigenvalue weighted by Gasteiger charge is 2.31. The number of hydrogen-bond donors (Lipinski definition) is 1. The fourth-order valence-corrected chi connectivity index (χ4v) is 5.04. The van der Waals surface area contributed by atoms with Crippen molar-refractivity contribution in [1.82, 2.24) is 9.30 Å². The molecule has 0 radical (unpaired) electrons. The number of nitrogens with zero attached hydrogens (tertiary/aromatic N) is 2. The van der Waals surface area contributed by atoms with Crippen LogP contribution in [0.5, 0.6) is 0 Å². The number of amides is 1. The number of fused-ring (bicyclic) bond motifs is 3. The van der Waals surface area contributed by atoms with Crippen molar-refractivity contribution in [1.29, 1.82) is 0 Å². The largest absolute Gasteiger partial charge is 0.481 e. The van der Waals surface area contributed by atoms with E-state index in [1.807, 2.05) is 36.3 Å². The van der Waals surface area contributed by atoms with Gasteiger partial charge in [0.25, 0.3) is 0 Å². The van der Waals surface area contributed by atoms with Crippen LogP contribution in [0.4, 0.5) is 0 Å². The smallest absolute Gasteiger partial charge is 0.307 e. The Morgan fingerprint density at radius 1 is 1.22 bits per heavy atom. The van der Waals surface area contributed by atoms with E-state index in [1.165, 1.54) is 36.9 Å². The van der Waals surface area contributed by atoms with E-state index in [2.05, 4.69) is 4.40 Å². The summed E-state index contributed by atoms with van der Waals surface area (Å²) in [5.41, 5.74) is 4.29. The van der Waals surface area contributed by atoms with Crippen molar-refractivity contribution >= 4 is 17.4 Å². The van der Waals surface area contributed by atoms with E-state index in [9.17, 15) is 14.7 Å². The van der Waals surface area contributed by atoms with Gasteiger partial charge in [0.2, 0.25) is 5.91 Å². The van der Waals surface area contributed by atoms with E-state index in [0.717, 1.165) is 30.3 Å². The summed E-state index contributed by atoms with van der Waals surface area (Å²) in [7, 11) is 1.95. The number of carbonyl (C=O) groups is 2. The Morgan fingerprint density at radius 3 is 2.74 bits per heavy atom. The van der Waals surface area contributed by atoms with Gasteiger partial charge in [0.15, 0.2) is 0 Å². The Morgan fingerprint density at radius 2 is 2.00 bits per heavy atom. The lowest BCUT2D eigenvalue weighted by molar-refractivity contribution is -0.136. The molecule has 1 N–H and O–H groups in total. The summed E-state index contributed by atoms with van der Waals surface area (Å²) < 4.78 is 2.13. The van der Waals surface area contributed by atoms with Gasteiger partial charge in [-0.15, -0.1) is 0 Å². The third-order valence-electron chi connectivity index (χ3n) is 6.54. The molecule has 0 saturated heterocycles. The molecule has 0 unspecified atom stereocenters. The summed E-state index contributed by atoms with van der Waals surface area (Å²) in [6.45, 7) is 0. The minimum atomic E-state index is -0.792. The number of pyridine rings is 1. The predicted octanol–water partition coefficient (Wildman–Crippen LogP) is 3.46. The molecule has 5 heteroatoms. The summed E-state index contributed by atoms with van der Waals surface area (Å²) in [5, 5.41) is 9.33. The van der Waals surface area contributed by atoms with E-state index < -0.39 is 5.97 Å². The number of carboxylic acids is 1. The second kappa shape index (κ2) is 7.37. The minimum Gasteiger partial charge on any atom is -0.481 e. The number of aromatic nitrogens is 1. The van der Waals surface area contributed by atoms with Gasteiger partial charge in [0, 0.05) is 43.3 Å². The second-order valence-electron chi connectivity index (χ2n) is 8.19. The normalized spacial score (nSPS) is 20.0. The molecule has 144 valence electrons. The van der Waals surface area contributed by atoms with Crippen LogP contribution >= 0.6 is 0 Å². The molecule has 2 aliphatic rings. The zero-order valence-electron chi connectivity index (χ0n) is 16.0. The number of aliphatic carboxylic acids is 1. The first-order chi connectivity index (χ1) is 13.0. The molecule has 2 heterocycles. The van der Waals surface area contributed by atoms with E-state index in [0.29, 0.717) is 12.3 Å². The Kier molecular flexibility index (Phi) is 4.94. The highest BCUT2D eigenvalue weighted by atomic mass is 16.4. The predicted molar refractivity (Wildman–Crippen MR) is 104 cm³/mol. The molecule has 2 aromatic heterocycles. The lowest BCUT2D eigenvalue weighted by Crippen LogP contribution is -2.41. The zero-order valence-corrected chi connectivity index (χ0v) is 16.0. The van der Waals surface area contributed by atoms with Gasteiger partial charge < -0.3 is 14.4 Å². The molecule has 2 aliphatic carbocycles. The number of carboxylic acid groups (broad SMARTS) is 1. The van der Waals surface area contributed by atoms with Crippen LogP contribution in [0.1, 0.15) is 55.3 Å². The molecule has 1 amide bonds. The SMILES string of the molecule is CN(C(=O)CC1CCCC1)[C@@H]1CCc2c(CC(=O)O)c3ccccn3c2C1. The Bertz CT molecular complexity index is 864. The van der Waals surface area contributed by atoms with Crippen molar-refractivity contribution in [2.24, 2.45) is 5.92 Å². The van der Waals surface area contributed by atoms with Gasteiger partial charge in [-0.2, -0.15) is 0 Å². The van der Waals surface area contributed by atoms with Gasteiger partial charge in [-0.3, -0.25) is 9.59 Å². The van der Waals surface area contributed by atoms with Crippen LogP contribution in [-0.2, 0) is 28.9 Å². The lowest BCUT2D eigenvalue weighted by atomic mass is 9.89. The van der Waals surface area contributed by atoms with Crippen molar-refractivity contribution in [2.45, 2.75) is 63.8 Å². The highest BCUT2D eigenvalue weighted by molar-refractivity contribution is 5.78. The lowest BCUT2D eigenvalue weighted by Gasteiger charge is -2.32. The third-order valence-corrected chi connectivity index (χ3v) is 6.54. The van der Waals surface area contributed by atoms with Crippen LogP contribution in [0.2, 0.25) is 0 Å². The molecule has 1 fully saturated rings. The number of carbonyl (C=O) groups excluding carboxylic acids is 1. The Labute approximate surface area is 160 Å². The fourth-order valence-electron chi connectivity index (χ4n) is 5.04. The average Bonchev–Trinajstić information content (AvgIpc) is 3.27. The molecule has 2 aromatic rings. The Hall–Kier alpha value is -2.30. The summed E-state index contributed by atoms with van der Waals surface area (Å²) in [6.07, 6.45) is 10.2. The van der Waals surface area contributed by atoms with Crippen LogP contribution < -0.4 is 0 Å². The number of likely N-dealkylation sites (N-methyl/N-ethyl adjacent to an activating group) is 1. The number of hydrogen-bond acceptors (Lipinski definition) is 2. The maximum Gasteiger partial charge on any atom is 0.307 e. The quantitative estimate of drug-likeness (QED) is 0.879. The molecule has 4 rings (SSSR count). The first-order valence-corrected chi connectivity index (χ1v) is 10.1. The van der Waals surface area contributed by atoms with Gasteiger partial charge in [-0.25, -0.2) is 0 Å². The molecule has 0 bridgehead atoms. The third kappa shape index (κ3) is 3.47. The molecular weight excluding hydrogens is 340 g/mol. The highest BCUT2D eigenvalue weighted by Crippen LogP contribution is 2.33. The van der Waals surface area contributed by atoms with Gasteiger partial charge >= 0.3 is 5.97 Å². The number of rotatable bonds is 5. The average molecular weight is 368 g/mol. The van der Waals surface area contributed by atoms with Gasteiger partial charge in [-0.05, 0) is 54.9 Å². The fraction of sp³-hybridized carbons (Fsp3) is 0.545. The summed E-state index contributed by atoms with van der Waals surface area (Å²) in [4.78, 5) is 26.1. The van der Waals surface area contributed by atoms with Crippen LogP contribution in [0.15, 0.2) is 24.4 Å². The first-order valence-electron chi connectivity index (χ1n) is 10.1. The molecule has 5 nitrogen and oxygen atoms in total. The standard InChI is InChI=1S/C22H28N2O3/c1-23(21(25)12-15-6-2-3-7-15)16-9-10-17-18(14-22(26)27)19-8-4-5-11-24(19)20(17)13-16/h4-5,8,11,15-16H,2-3,6-7,9-10,12-14H2,1H3,(H,26,27)/t16-/m1/s1. The molecular formula is C22H28N2O3. The van der Waals surface area contributed by atoms with Crippen LogP contribution in [0, 0.1) is 5.92 Å². The molecule has 0 aromatic carbocycles.